The van der Waals surface area contributed by atoms with E-state index in [1.807, 2.05) is 13.0 Å². The maximum Gasteiger partial charge on any atom is 0.280 e. The number of para-hydroxylation sites is 1. The van der Waals surface area contributed by atoms with Crippen LogP contribution in [0.5, 0.6) is 5.75 Å². The predicted molar refractivity (Wildman–Crippen MR) is 119 cm³/mol. The van der Waals surface area contributed by atoms with Crippen molar-refractivity contribution in [2.45, 2.75) is 38.7 Å². The van der Waals surface area contributed by atoms with Gasteiger partial charge in [-0.15, -0.1) is 0 Å². The highest BCUT2D eigenvalue weighted by atomic mass is 19.3. The minimum atomic E-state index is -2.82. The van der Waals surface area contributed by atoms with Crippen LogP contribution in [0.25, 0.3) is 16.9 Å². The molecule has 1 atom stereocenters. The number of nitrogens with zero attached hydrogens (tertiary/aromatic N) is 5. The van der Waals surface area contributed by atoms with Crippen LogP contribution in [0, 0.1) is 0 Å². The first-order chi connectivity index (χ1) is 16.5. The lowest BCUT2D eigenvalue weighted by atomic mass is 10.1. The van der Waals surface area contributed by atoms with Crippen molar-refractivity contribution in [3.63, 3.8) is 0 Å². The highest BCUT2D eigenvalue weighted by Crippen LogP contribution is 2.36. The molecule has 34 heavy (non-hydrogen) atoms. The summed E-state index contributed by atoms with van der Waals surface area (Å²) in [6.07, 6.45) is 0.730. The second-order valence-electron chi connectivity index (χ2n) is 8.09. The van der Waals surface area contributed by atoms with Gasteiger partial charge >= 0.3 is 0 Å². The molecule has 8 nitrogen and oxygen atoms in total. The molecule has 0 N–H and O–H groups in total. The van der Waals surface area contributed by atoms with Crippen molar-refractivity contribution in [1.82, 2.24) is 24.7 Å². The molecule has 1 aliphatic rings. The van der Waals surface area contributed by atoms with Crippen molar-refractivity contribution >= 4 is 11.6 Å². The number of hydrogen-bond donors (Lipinski definition) is 0. The highest BCUT2D eigenvalue weighted by Gasteiger charge is 2.35. The summed E-state index contributed by atoms with van der Waals surface area (Å²) in [7, 11) is 1.50. The molecule has 0 saturated carbocycles. The van der Waals surface area contributed by atoms with Gasteiger partial charge in [0.25, 0.3) is 12.3 Å². The van der Waals surface area contributed by atoms with E-state index in [9.17, 15) is 13.6 Å². The van der Waals surface area contributed by atoms with E-state index in [1.165, 1.54) is 19.4 Å². The van der Waals surface area contributed by atoms with Gasteiger partial charge in [-0.3, -0.25) is 4.79 Å². The number of aryl methyl sites for hydroxylation is 1. The number of likely N-dealkylation sites (tertiary alicyclic amines) is 1. The molecule has 0 bridgehead atoms. The third kappa shape index (κ3) is 3.68. The molecule has 1 amide bonds. The van der Waals surface area contributed by atoms with E-state index < -0.39 is 6.43 Å². The van der Waals surface area contributed by atoms with Crippen LogP contribution >= 0.6 is 0 Å². The Bertz CT molecular complexity index is 1350. The van der Waals surface area contributed by atoms with Crippen LogP contribution in [0.2, 0.25) is 0 Å². The molecule has 0 radical (unpaired) electrons. The molecule has 1 aliphatic heterocycles. The summed E-state index contributed by atoms with van der Waals surface area (Å²) in [6.45, 7) is 2.49. The topological polar surface area (TPSA) is 85.8 Å². The van der Waals surface area contributed by atoms with Crippen LogP contribution in [0.3, 0.4) is 0 Å². The molecule has 4 heterocycles. The first kappa shape index (κ1) is 22.0. The number of halogens is 2. The van der Waals surface area contributed by atoms with Crippen molar-refractivity contribution < 1.29 is 22.8 Å². The van der Waals surface area contributed by atoms with Crippen LogP contribution in [0.4, 0.5) is 8.78 Å². The highest BCUT2D eigenvalue weighted by molar-refractivity contribution is 6.00. The summed E-state index contributed by atoms with van der Waals surface area (Å²) >= 11 is 0. The van der Waals surface area contributed by atoms with Gasteiger partial charge in [-0.05, 0) is 37.5 Å². The van der Waals surface area contributed by atoms with Gasteiger partial charge in [0, 0.05) is 18.2 Å². The number of fused-ring (bicyclic) bond motifs is 1. The Balaban J connectivity index is 1.60. The van der Waals surface area contributed by atoms with E-state index in [1.54, 1.807) is 29.2 Å². The number of methoxy groups -OCH3 is 1. The largest absolute Gasteiger partial charge is 0.496 e. The Morgan fingerprint density at radius 2 is 2.12 bits per heavy atom. The van der Waals surface area contributed by atoms with Gasteiger partial charge in [0.15, 0.2) is 11.4 Å². The summed E-state index contributed by atoms with van der Waals surface area (Å²) in [6, 6.07) is 9.87. The van der Waals surface area contributed by atoms with Crippen LogP contribution in [-0.2, 0) is 6.42 Å². The predicted octanol–water partition coefficient (Wildman–Crippen LogP) is 4.87. The zero-order valence-electron chi connectivity index (χ0n) is 18.7. The number of hydrogen-bond acceptors (Lipinski definition) is 6. The molecule has 176 valence electrons. The number of amides is 1. The quantitative estimate of drug-likeness (QED) is 0.402. The van der Waals surface area contributed by atoms with Crippen LogP contribution < -0.4 is 4.74 Å². The Kier molecular flexibility index (Phi) is 5.72. The average molecular weight is 467 g/mol. The number of rotatable bonds is 6. The van der Waals surface area contributed by atoms with E-state index >= 15 is 0 Å². The lowest BCUT2D eigenvalue weighted by Gasteiger charge is -2.22. The minimum Gasteiger partial charge on any atom is -0.496 e. The van der Waals surface area contributed by atoms with Gasteiger partial charge in [-0.1, -0.05) is 24.2 Å². The molecule has 1 saturated heterocycles. The zero-order valence-corrected chi connectivity index (χ0v) is 18.7. The lowest BCUT2D eigenvalue weighted by molar-refractivity contribution is 0.0716. The van der Waals surface area contributed by atoms with Gasteiger partial charge in [0.05, 0.1) is 30.7 Å². The monoisotopic (exact) mass is 467 g/mol. The number of benzene rings is 1. The van der Waals surface area contributed by atoms with E-state index in [0.717, 1.165) is 29.5 Å². The normalized spacial score (nSPS) is 16.0. The smallest absolute Gasteiger partial charge is 0.280 e. The fourth-order valence-electron chi connectivity index (χ4n) is 4.40. The SMILES string of the molecule is CCc1cc([C@H]2CCCN2C(=O)c2cnn3c(C(F)F)cc(-c4ccccc4OC)nc23)on1. The number of ether oxygens (including phenoxy) is 1. The molecule has 4 aromatic rings. The summed E-state index contributed by atoms with van der Waals surface area (Å²) in [5, 5.41) is 8.13. The molecular formula is C24H23F2N5O3. The van der Waals surface area contributed by atoms with E-state index in [0.29, 0.717) is 23.6 Å². The summed E-state index contributed by atoms with van der Waals surface area (Å²) in [5.74, 6) is 0.774. The second-order valence-corrected chi connectivity index (χ2v) is 8.09. The molecule has 1 aromatic carbocycles. The van der Waals surface area contributed by atoms with Crippen LogP contribution in [0.1, 0.15) is 59.7 Å². The third-order valence-electron chi connectivity index (χ3n) is 6.12. The minimum absolute atomic E-state index is 0.0705. The van der Waals surface area contributed by atoms with Crippen molar-refractivity contribution in [3.05, 3.63) is 65.3 Å². The fraction of sp³-hybridized carbons (Fsp3) is 0.333. The fourth-order valence-corrected chi connectivity index (χ4v) is 4.40. The van der Waals surface area contributed by atoms with Gasteiger partial charge in [0.2, 0.25) is 0 Å². The van der Waals surface area contributed by atoms with E-state index in [4.69, 9.17) is 9.26 Å². The van der Waals surface area contributed by atoms with Crippen LogP contribution in [0.15, 0.2) is 47.1 Å². The van der Waals surface area contributed by atoms with Crippen molar-refractivity contribution in [3.8, 4) is 17.0 Å². The number of carbonyl (C=O) groups excluding carboxylic acids is 1. The first-order valence-corrected chi connectivity index (χ1v) is 11.1. The van der Waals surface area contributed by atoms with E-state index in [-0.39, 0.29) is 34.5 Å². The molecule has 10 heteroatoms. The summed E-state index contributed by atoms with van der Waals surface area (Å²) in [5.41, 5.74) is 1.50. The zero-order chi connectivity index (χ0) is 23.8. The molecular weight excluding hydrogens is 444 g/mol. The van der Waals surface area contributed by atoms with Gasteiger partial charge in [-0.25, -0.2) is 18.3 Å². The van der Waals surface area contributed by atoms with Gasteiger partial charge in [0.1, 0.15) is 17.0 Å². The molecule has 3 aromatic heterocycles. The van der Waals surface area contributed by atoms with Crippen LogP contribution in [-0.4, -0.2) is 44.2 Å². The Morgan fingerprint density at radius 1 is 1.29 bits per heavy atom. The Morgan fingerprint density at radius 3 is 2.85 bits per heavy atom. The number of alkyl halides is 2. The van der Waals surface area contributed by atoms with Crippen molar-refractivity contribution in [2.75, 3.05) is 13.7 Å². The first-order valence-electron chi connectivity index (χ1n) is 11.1. The molecule has 0 spiro atoms. The lowest BCUT2D eigenvalue weighted by Crippen LogP contribution is -2.30. The van der Waals surface area contributed by atoms with Gasteiger partial charge < -0.3 is 14.2 Å². The second kappa shape index (κ2) is 8.85. The maximum absolute atomic E-state index is 14.0. The van der Waals surface area contributed by atoms with E-state index in [2.05, 4.69) is 15.2 Å². The number of aromatic nitrogens is 4. The molecule has 0 unspecified atom stereocenters. The molecule has 1 fully saturated rings. The van der Waals surface area contributed by atoms with Gasteiger partial charge in [-0.2, -0.15) is 5.10 Å². The van der Waals surface area contributed by atoms with Crippen molar-refractivity contribution in [2.24, 2.45) is 0 Å². The Hall–Kier alpha value is -3.82. The number of carbonyl (C=O) groups is 1. The molecule has 5 rings (SSSR count). The maximum atomic E-state index is 14.0. The molecule has 0 aliphatic carbocycles. The Labute approximate surface area is 194 Å². The average Bonchev–Trinajstić information content (AvgIpc) is 3.61. The summed E-state index contributed by atoms with van der Waals surface area (Å²) in [4.78, 5) is 19.8. The van der Waals surface area contributed by atoms with Crippen molar-refractivity contribution in [1.29, 1.82) is 0 Å². The standard InChI is InChI=1S/C24H23F2N5O3/c1-3-14-11-21(34-29-14)18-8-6-10-30(18)24(32)16-13-27-31-19(22(25)26)12-17(28-23(16)31)15-7-4-5-9-20(15)33-2/h4-5,7,9,11-13,18,22H,3,6,8,10H2,1-2H3/t18-/m1/s1. The summed E-state index contributed by atoms with van der Waals surface area (Å²) < 4.78 is 39.8. The third-order valence-corrected chi connectivity index (χ3v) is 6.12.